The van der Waals surface area contributed by atoms with E-state index in [2.05, 4.69) is 4.98 Å². The Labute approximate surface area is 170 Å². The molecule has 26 heavy (non-hydrogen) atoms. The lowest BCUT2D eigenvalue weighted by Crippen LogP contribution is -2.17. The van der Waals surface area contributed by atoms with Crippen molar-refractivity contribution in [3.8, 4) is 0 Å². The molecule has 4 nitrogen and oxygen atoms in total. The van der Waals surface area contributed by atoms with Gasteiger partial charge in [0.25, 0.3) is 0 Å². The summed E-state index contributed by atoms with van der Waals surface area (Å²) >= 11 is 24.2. The molecule has 0 saturated carbocycles. The summed E-state index contributed by atoms with van der Waals surface area (Å²) in [6, 6.07) is 9.59. The van der Waals surface area contributed by atoms with Crippen molar-refractivity contribution >= 4 is 52.4 Å². The van der Waals surface area contributed by atoms with E-state index in [4.69, 9.17) is 51.1 Å². The van der Waals surface area contributed by atoms with E-state index in [1.165, 1.54) is 12.1 Å². The molecule has 3 rings (SSSR count). The van der Waals surface area contributed by atoms with Crippen molar-refractivity contribution in [1.29, 1.82) is 0 Å². The van der Waals surface area contributed by atoms with Crippen molar-refractivity contribution in [2.24, 2.45) is 0 Å². The number of carbonyl (C=O) groups is 1. The first-order chi connectivity index (χ1) is 12.4. The third-order valence-electron chi connectivity index (χ3n) is 3.65. The molecule has 1 aromatic heterocycles. The minimum absolute atomic E-state index is 0.214. The van der Waals surface area contributed by atoms with Crippen LogP contribution in [0.3, 0.4) is 0 Å². The highest BCUT2D eigenvalue weighted by Crippen LogP contribution is 2.31. The monoisotopic (exact) mass is 428 g/mol. The molecule has 134 valence electrons. The summed E-state index contributed by atoms with van der Waals surface area (Å²) in [4.78, 5) is 16.6. The first-order valence-corrected chi connectivity index (χ1v) is 9.02. The van der Waals surface area contributed by atoms with Gasteiger partial charge in [-0.2, -0.15) is 0 Å². The third-order valence-corrected chi connectivity index (χ3v) is 4.76. The largest absolute Gasteiger partial charge is 0.452 e. The molecular formula is C18H12Cl4N2O2. The fraction of sp³-hybridized carbons (Fsp3) is 0.111. The van der Waals surface area contributed by atoms with Crippen molar-refractivity contribution < 1.29 is 9.53 Å². The summed E-state index contributed by atoms with van der Waals surface area (Å²) < 4.78 is 7.48. The Balaban J connectivity index is 1.91. The SMILES string of the molecule is O=C(O[C@H](Cn1ccnc1)c1ccc(Cl)cc1Cl)c1ccc(Cl)cc1Cl. The van der Waals surface area contributed by atoms with Crippen LogP contribution in [-0.4, -0.2) is 15.5 Å². The second-order valence-electron chi connectivity index (χ2n) is 5.44. The lowest BCUT2D eigenvalue weighted by molar-refractivity contribution is 0.0256. The van der Waals surface area contributed by atoms with Crippen LogP contribution in [0.2, 0.25) is 20.1 Å². The summed E-state index contributed by atoms with van der Waals surface area (Å²) in [5.74, 6) is -0.581. The highest BCUT2D eigenvalue weighted by Gasteiger charge is 2.22. The zero-order valence-corrected chi connectivity index (χ0v) is 16.2. The normalized spacial score (nSPS) is 12.0. The summed E-state index contributed by atoms with van der Waals surface area (Å²) in [6.07, 6.45) is 4.37. The minimum atomic E-state index is -0.659. The Morgan fingerprint density at radius 3 is 2.35 bits per heavy atom. The van der Waals surface area contributed by atoms with Gasteiger partial charge in [-0.05, 0) is 30.3 Å². The number of nitrogens with zero attached hydrogens (tertiary/aromatic N) is 2. The quantitative estimate of drug-likeness (QED) is 0.460. The van der Waals surface area contributed by atoms with E-state index in [1.807, 2.05) is 0 Å². The van der Waals surface area contributed by atoms with Gasteiger partial charge in [0.05, 0.1) is 23.5 Å². The van der Waals surface area contributed by atoms with Crippen molar-refractivity contribution in [2.45, 2.75) is 12.6 Å². The molecule has 8 heteroatoms. The molecule has 0 aliphatic heterocycles. The third kappa shape index (κ3) is 4.51. The Hall–Kier alpha value is -1.72. The Bertz CT molecular complexity index is 929. The number of hydrogen-bond acceptors (Lipinski definition) is 3. The average Bonchev–Trinajstić information content (AvgIpc) is 3.07. The zero-order chi connectivity index (χ0) is 18.7. The molecule has 3 aromatic rings. The highest BCUT2D eigenvalue weighted by molar-refractivity contribution is 6.36. The van der Waals surface area contributed by atoms with Crippen molar-refractivity contribution in [3.05, 3.63) is 86.3 Å². The highest BCUT2D eigenvalue weighted by atomic mass is 35.5. The molecule has 1 atom stereocenters. The van der Waals surface area contributed by atoms with Crippen LogP contribution in [0.4, 0.5) is 0 Å². The Morgan fingerprint density at radius 1 is 1.04 bits per heavy atom. The van der Waals surface area contributed by atoms with E-state index in [0.717, 1.165) is 0 Å². The summed E-state index contributed by atoms with van der Waals surface area (Å²) in [6.45, 7) is 0.332. The molecule has 2 aromatic carbocycles. The van der Waals surface area contributed by atoms with Crippen LogP contribution < -0.4 is 0 Å². The predicted molar refractivity (Wildman–Crippen MR) is 103 cm³/mol. The van der Waals surface area contributed by atoms with Crippen LogP contribution in [0.1, 0.15) is 22.0 Å². The van der Waals surface area contributed by atoms with Crippen LogP contribution in [-0.2, 0) is 11.3 Å². The molecule has 0 amide bonds. The topological polar surface area (TPSA) is 44.1 Å². The second kappa shape index (κ2) is 8.31. The number of esters is 1. The van der Waals surface area contributed by atoms with E-state index in [0.29, 0.717) is 27.2 Å². The van der Waals surface area contributed by atoms with Gasteiger partial charge in [-0.15, -0.1) is 0 Å². The van der Waals surface area contributed by atoms with Gasteiger partial charge in [0, 0.05) is 33.0 Å². The number of ether oxygens (including phenoxy) is 1. The number of aromatic nitrogens is 2. The smallest absolute Gasteiger partial charge is 0.340 e. The fourth-order valence-corrected chi connectivity index (χ4v) is 3.41. The van der Waals surface area contributed by atoms with Gasteiger partial charge in [-0.25, -0.2) is 9.78 Å². The lowest BCUT2D eigenvalue weighted by atomic mass is 10.1. The number of rotatable bonds is 5. The van der Waals surface area contributed by atoms with E-state index in [9.17, 15) is 4.79 Å². The number of imidazole rings is 1. The summed E-state index contributed by atoms with van der Waals surface area (Å²) in [5, 5.41) is 1.54. The van der Waals surface area contributed by atoms with Crippen molar-refractivity contribution in [3.63, 3.8) is 0 Å². The van der Waals surface area contributed by atoms with Gasteiger partial charge in [-0.1, -0.05) is 52.5 Å². The van der Waals surface area contributed by atoms with E-state index in [1.54, 1.807) is 47.6 Å². The Kier molecular flexibility index (Phi) is 6.09. The molecule has 0 fully saturated rings. The Morgan fingerprint density at radius 2 is 1.73 bits per heavy atom. The second-order valence-corrected chi connectivity index (χ2v) is 7.13. The lowest BCUT2D eigenvalue weighted by Gasteiger charge is -2.20. The van der Waals surface area contributed by atoms with Crippen LogP contribution >= 0.6 is 46.4 Å². The van der Waals surface area contributed by atoms with Crippen LogP contribution in [0.5, 0.6) is 0 Å². The van der Waals surface area contributed by atoms with Gasteiger partial charge in [0.15, 0.2) is 0 Å². The van der Waals surface area contributed by atoms with Crippen molar-refractivity contribution in [2.75, 3.05) is 0 Å². The maximum atomic E-state index is 12.6. The van der Waals surface area contributed by atoms with Gasteiger partial charge < -0.3 is 9.30 Å². The first kappa shape index (κ1) is 19.1. The molecular weight excluding hydrogens is 418 g/mol. The molecule has 1 heterocycles. The maximum absolute atomic E-state index is 12.6. The number of halogens is 4. The minimum Gasteiger partial charge on any atom is -0.452 e. The van der Waals surface area contributed by atoms with Gasteiger partial charge in [0.2, 0.25) is 0 Å². The van der Waals surface area contributed by atoms with Crippen LogP contribution in [0, 0.1) is 0 Å². The summed E-state index contributed by atoms with van der Waals surface area (Å²) in [7, 11) is 0. The number of hydrogen-bond donors (Lipinski definition) is 0. The standard InChI is InChI=1S/C18H12Cl4N2O2/c19-11-1-3-13(15(21)7-11)17(9-24-6-5-23-10-24)26-18(25)14-4-2-12(20)8-16(14)22/h1-8,10,17H,9H2/t17-/m1/s1. The molecule has 0 N–H and O–H groups in total. The number of benzene rings is 2. The molecule has 0 radical (unpaired) electrons. The average molecular weight is 430 g/mol. The van der Waals surface area contributed by atoms with Gasteiger partial charge in [0.1, 0.15) is 6.10 Å². The van der Waals surface area contributed by atoms with Gasteiger partial charge in [-0.3, -0.25) is 0 Å². The van der Waals surface area contributed by atoms with Crippen molar-refractivity contribution in [1.82, 2.24) is 9.55 Å². The van der Waals surface area contributed by atoms with Gasteiger partial charge >= 0.3 is 5.97 Å². The molecule has 0 aliphatic rings. The van der Waals surface area contributed by atoms with Crippen LogP contribution in [0.15, 0.2) is 55.1 Å². The van der Waals surface area contributed by atoms with E-state index < -0.39 is 12.1 Å². The predicted octanol–water partition coefficient (Wildman–Crippen LogP) is 6.10. The summed E-state index contributed by atoms with van der Waals surface area (Å²) in [5.41, 5.74) is 0.847. The molecule has 0 unspecified atom stereocenters. The molecule has 0 bridgehead atoms. The molecule has 0 aliphatic carbocycles. The number of carbonyl (C=O) groups excluding carboxylic acids is 1. The molecule has 0 saturated heterocycles. The van der Waals surface area contributed by atoms with E-state index in [-0.39, 0.29) is 10.6 Å². The molecule has 0 spiro atoms. The first-order valence-electron chi connectivity index (χ1n) is 7.51. The van der Waals surface area contributed by atoms with E-state index >= 15 is 0 Å². The maximum Gasteiger partial charge on any atom is 0.340 e. The zero-order valence-electron chi connectivity index (χ0n) is 13.2. The fourth-order valence-electron chi connectivity index (χ4n) is 2.40. The van der Waals surface area contributed by atoms with Crippen LogP contribution in [0.25, 0.3) is 0 Å².